The van der Waals surface area contributed by atoms with E-state index in [1.54, 1.807) is 36.4 Å². The van der Waals surface area contributed by atoms with Crippen LogP contribution in [0.5, 0.6) is 0 Å². The summed E-state index contributed by atoms with van der Waals surface area (Å²) in [7, 11) is -3.50. The van der Waals surface area contributed by atoms with Crippen molar-refractivity contribution in [2.75, 3.05) is 0 Å². The highest BCUT2D eigenvalue weighted by Crippen LogP contribution is 2.24. The number of allylic oxidation sites excluding steroid dienone is 1. The monoisotopic (exact) mass is 265 g/mol. The lowest BCUT2D eigenvalue weighted by Gasteiger charge is -2.14. The quantitative estimate of drug-likeness (QED) is 0.786. The Labute approximate surface area is 107 Å². The topological polar surface area (TPSA) is 55.7 Å². The second kappa shape index (κ2) is 4.94. The lowest BCUT2D eigenvalue weighted by molar-refractivity contribution is 0.273. The fraction of sp³-hybridized carbons (Fsp3) is 0.308. The third-order valence-electron chi connectivity index (χ3n) is 2.76. The minimum Gasteiger partial charge on any atom is -0.473 e. The van der Waals surface area contributed by atoms with Crippen LogP contribution in [0.2, 0.25) is 0 Å². The molecule has 1 aromatic rings. The van der Waals surface area contributed by atoms with Crippen LogP contribution < -0.4 is 0 Å². The molecule has 1 aliphatic heterocycles. The van der Waals surface area contributed by atoms with Crippen LogP contribution in [0.4, 0.5) is 0 Å². The van der Waals surface area contributed by atoms with Gasteiger partial charge in [0.1, 0.15) is 0 Å². The Morgan fingerprint density at radius 2 is 1.94 bits per heavy atom. The van der Waals surface area contributed by atoms with Crippen LogP contribution in [0.3, 0.4) is 0 Å². The predicted molar refractivity (Wildman–Crippen MR) is 70.3 cm³/mol. The minimum atomic E-state index is -3.50. The number of hydrogen-bond donors (Lipinski definition) is 0. The largest absolute Gasteiger partial charge is 0.473 e. The van der Waals surface area contributed by atoms with Gasteiger partial charge in [-0.05, 0) is 32.1 Å². The van der Waals surface area contributed by atoms with Gasteiger partial charge >= 0.3 is 0 Å². The zero-order valence-corrected chi connectivity index (χ0v) is 11.1. The SMILES string of the molecule is C/C=C/[C@@H]1OC=N[C@H]1S(=O)(=O)c1ccc(C)cc1. The van der Waals surface area contributed by atoms with Crippen molar-refractivity contribution in [3.63, 3.8) is 0 Å². The van der Waals surface area contributed by atoms with Gasteiger partial charge in [-0.2, -0.15) is 0 Å². The van der Waals surface area contributed by atoms with E-state index in [1.165, 1.54) is 6.40 Å². The van der Waals surface area contributed by atoms with Crippen LogP contribution >= 0.6 is 0 Å². The van der Waals surface area contributed by atoms with Crippen molar-refractivity contribution in [1.29, 1.82) is 0 Å². The van der Waals surface area contributed by atoms with Crippen LogP contribution in [0.15, 0.2) is 46.3 Å². The summed E-state index contributed by atoms with van der Waals surface area (Å²) >= 11 is 0. The Kier molecular flexibility index (Phi) is 3.52. The Balaban J connectivity index is 2.36. The molecule has 5 heteroatoms. The predicted octanol–water partition coefficient (Wildman–Crippen LogP) is 2.10. The molecule has 0 amide bonds. The summed E-state index contributed by atoms with van der Waals surface area (Å²) in [5, 5.41) is -0.892. The number of aliphatic imine (C=N–C) groups is 1. The van der Waals surface area contributed by atoms with E-state index < -0.39 is 21.3 Å². The third kappa shape index (κ3) is 2.31. The molecule has 0 fully saturated rings. The van der Waals surface area contributed by atoms with Crippen LogP contribution in [0, 0.1) is 6.92 Å². The standard InChI is InChI=1S/C13H15NO3S/c1-3-4-12-13(14-9-17-12)18(15,16)11-7-5-10(2)6-8-11/h3-9,12-13H,1-2H3/b4-3+/t12-,13-/m0/s1. The molecule has 2 rings (SSSR count). The fourth-order valence-electron chi connectivity index (χ4n) is 1.77. The molecule has 1 heterocycles. The number of aryl methyl sites for hydroxylation is 1. The molecule has 0 radical (unpaired) electrons. The summed E-state index contributed by atoms with van der Waals surface area (Å²) in [4.78, 5) is 4.19. The number of hydrogen-bond acceptors (Lipinski definition) is 4. The van der Waals surface area contributed by atoms with E-state index in [4.69, 9.17) is 4.74 Å². The van der Waals surface area contributed by atoms with Crippen LogP contribution in [0.25, 0.3) is 0 Å². The van der Waals surface area contributed by atoms with E-state index in [-0.39, 0.29) is 4.90 Å². The van der Waals surface area contributed by atoms with E-state index in [9.17, 15) is 8.42 Å². The van der Waals surface area contributed by atoms with E-state index in [1.807, 2.05) is 13.8 Å². The number of ether oxygens (including phenoxy) is 1. The van der Waals surface area contributed by atoms with Gasteiger partial charge in [0.2, 0.25) is 9.84 Å². The minimum absolute atomic E-state index is 0.273. The molecule has 0 N–H and O–H groups in total. The number of nitrogens with zero attached hydrogens (tertiary/aromatic N) is 1. The van der Waals surface area contributed by atoms with Gasteiger partial charge in [0.05, 0.1) is 4.90 Å². The van der Waals surface area contributed by atoms with Crippen LogP contribution in [-0.2, 0) is 14.6 Å². The Morgan fingerprint density at radius 3 is 2.56 bits per heavy atom. The molecule has 0 saturated carbocycles. The fourth-order valence-corrected chi connectivity index (χ4v) is 3.28. The molecular weight excluding hydrogens is 250 g/mol. The number of benzene rings is 1. The average Bonchev–Trinajstić information content (AvgIpc) is 2.79. The van der Waals surface area contributed by atoms with Crippen LogP contribution in [0.1, 0.15) is 12.5 Å². The maximum absolute atomic E-state index is 12.4. The molecule has 0 spiro atoms. The molecule has 1 aromatic carbocycles. The molecule has 18 heavy (non-hydrogen) atoms. The second-order valence-electron chi connectivity index (χ2n) is 4.13. The molecule has 0 aromatic heterocycles. The first-order valence-corrected chi connectivity index (χ1v) is 7.21. The maximum atomic E-state index is 12.4. The van der Waals surface area contributed by atoms with Crippen molar-refractivity contribution in [3.05, 3.63) is 42.0 Å². The lowest BCUT2D eigenvalue weighted by atomic mass is 10.2. The van der Waals surface area contributed by atoms with Gasteiger partial charge in [-0.3, -0.25) is 0 Å². The molecular formula is C13H15NO3S. The average molecular weight is 265 g/mol. The Bertz CT molecular complexity index is 573. The maximum Gasteiger partial charge on any atom is 0.205 e. The molecule has 96 valence electrons. The van der Waals surface area contributed by atoms with Gasteiger partial charge in [-0.15, -0.1) is 0 Å². The molecule has 1 aliphatic rings. The van der Waals surface area contributed by atoms with E-state index in [2.05, 4.69) is 4.99 Å². The smallest absolute Gasteiger partial charge is 0.205 e. The van der Waals surface area contributed by atoms with Crippen molar-refractivity contribution in [1.82, 2.24) is 0 Å². The molecule has 0 saturated heterocycles. The zero-order valence-electron chi connectivity index (χ0n) is 10.3. The highest BCUT2D eigenvalue weighted by molar-refractivity contribution is 7.92. The van der Waals surface area contributed by atoms with Gasteiger partial charge < -0.3 is 4.74 Å². The highest BCUT2D eigenvalue weighted by Gasteiger charge is 2.36. The molecule has 0 unspecified atom stereocenters. The third-order valence-corrected chi connectivity index (χ3v) is 4.71. The first-order chi connectivity index (χ1) is 8.55. The van der Waals surface area contributed by atoms with E-state index in [0.29, 0.717) is 0 Å². The molecule has 2 atom stereocenters. The first kappa shape index (κ1) is 12.8. The van der Waals surface area contributed by atoms with Gasteiger partial charge in [0.15, 0.2) is 17.9 Å². The Morgan fingerprint density at radius 1 is 1.28 bits per heavy atom. The highest BCUT2D eigenvalue weighted by atomic mass is 32.2. The first-order valence-electron chi connectivity index (χ1n) is 5.66. The summed E-state index contributed by atoms with van der Waals surface area (Å²) in [6, 6.07) is 6.75. The Hall–Kier alpha value is -1.62. The summed E-state index contributed by atoms with van der Waals surface area (Å²) in [6.07, 6.45) is 4.13. The van der Waals surface area contributed by atoms with E-state index in [0.717, 1.165) is 5.56 Å². The van der Waals surface area contributed by atoms with Gasteiger partial charge in [0, 0.05) is 0 Å². The van der Waals surface area contributed by atoms with Crippen molar-refractivity contribution < 1.29 is 13.2 Å². The summed E-state index contributed by atoms with van der Waals surface area (Å²) in [6.45, 7) is 3.73. The van der Waals surface area contributed by atoms with Crippen molar-refractivity contribution in [2.45, 2.75) is 30.2 Å². The second-order valence-corrected chi connectivity index (χ2v) is 6.17. The summed E-state index contributed by atoms with van der Waals surface area (Å²) in [5.41, 5.74) is 1.02. The number of sulfone groups is 1. The molecule has 4 nitrogen and oxygen atoms in total. The van der Waals surface area contributed by atoms with Crippen molar-refractivity contribution in [2.24, 2.45) is 4.99 Å². The van der Waals surface area contributed by atoms with Gasteiger partial charge in [-0.1, -0.05) is 23.8 Å². The number of rotatable bonds is 3. The normalized spacial score (nSPS) is 23.4. The van der Waals surface area contributed by atoms with Gasteiger partial charge in [-0.25, -0.2) is 13.4 Å². The van der Waals surface area contributed by atoms with Crippen molar-refractivity contribution in [3.8, 4) is 0 Å². The van der Waals surface area contributed by atoms with Gasteiger partial charge in [0.25, 0.3) is 0 Å². The molecule has 0 bridgehead atoms. The van der Waals surface area contributed by atoms with Crippen LogP contribution in [-0.4, -0.2) is 26.3 Å². The van der Waals surface area contributed by atoms with E-state index >= 15 is 0 Å². The zero-order chi connectivity index (χ0) is 13.2. The molecule has 0 aliphatic carbocycles. The lowest BCUT2D eigenvalue weighted by Crippen LogP contribution is -2.28. The van der Waals surface area contributed by atoms with Crippen molar-refractivity contribution >= 4 is 16.2 Å². The summed E-state index contributed by atoms with van der Waals surface area (Å²) < 4.78 is 30.0. The summed E-state index contributed by atoms with van der Waals surface area (Å²) in [5.74, 6) is 0.